The molecule has 0 spiro atoms. The van der Waals surface area contributed by atoms with Gasteiger partial charge in [0, 0.05) is 14.6 Å². The van der Waals surface area contributed by atoms with Crippen LogP contribution in [-0.2, 0) is 4.79 Å². The zero-order chi connectivity index (χ0) is 13.2. The van der Waals surface area contributed by atoms with Gasteiger partial charge in [0.15, 0.2) is 0 Å². The van der Waals surface area contributed by atoms with Crippen LogP contribution in [0.1, 0.15) is 25.7 Å². The summed E-state index contributed by atoms with van der Waals surface area (Å²) < 4.78 is 1.05. The molecule has 1 aliphatic carbocycles. The van der Waals surface area contributed by atoms with Crippen molar-refractivity contribution in [1.82, 2.24) is 0 Å². The van der Waals surface area contributed by atoms with Crippen molar-refractivity contribution in [2.75, 3.05) is 0 Å². The smallest absolute Gasteiger partial charge is 0.323 e. The molecule has 1 saturated carbocycles. The molecule has 2 unspecified atom stereocenters. The Morgan fingerprint density at radius 1 is 1.50 bits per heavy atom. The van der Waals surface area contributed by atoms with Gasteiger partial charge in [0.1, 0.15) is 5.54 Å². The summed E-state index contributed by atoms with van der Waals surface area (Å²) in [6.45, 7) is 0. The monoisotopic (exact) mass is 329 g/mol. The lowest BCUT2D eigenvalue weighted by atomic mass is 9.82. The molecule has 3 N–H and O–H groups in total. The number of carboxylic acid groups (broad SMARTS) is 1. The van der Waals surface area contributed by atoms with E-state index in [1.54, 1.807) is 11.8 Å². The standard InChI is InChI=1S/C13H16BrNO2S/c14-10-5-1-2-6-11(10)18-9-4-3-7-13(15,8-9)12(16)17/h1-2,5-6,9H,3-4,7-8,15H2,(H,16,17). The van der Waals surface area contributed by atoms with Crippen LogP contribution < -0.4 is 5.73 Å². The zero-order valence-corrected chi connectivity index (χ0v) is 12.3. The lowest BCUT2D eigenvalue weighted by Crippen LogP contribution is -2.51. The Kier molecular flexibility index (Phi) is 4.35. The summed E-state index contributed by atoms with van der Waals surface area (Å²) in [5, 5.41) is 9.47. The average Bonchev–Trinajstić information content (AvgIpc) is 2.32. The normalized spacial score (nSPS) is 28.0. The van der Waals surface area contributed by atoms with Gasteiger partial charge in [-0.05, 0) is 53.7 Å². The predicted octanol–water partition coefficient (Wildman–Crippen LogP) is 3.27. The highest BCUT2D eigenvalue weighted by Gasteiger charge is 2.39. The third-order valence-electron chi connectivity index (χ3n) is 3.30. The molecule has 0 amide bonds. The van der Waals surface area contributed by atoms with E-state index >= 15 is 0 Å². The number of thioether (sulfide) groups is 1. The van der Waals surface area contributed by atoms with Gasteiger partial charge in [-0.25, -0.2) is 0 Å². The van der Waals surface area contributed by atoms with E-state index in [4.69, 9.17) is 5.73 Å². The first-order valence-electron chi connectivity index (χ1n) is 5.95. The molecule has 3 nitrogen and oxygen atoms in total. The molecule has 0 bridgehead atoms. The van der Waals surface area contributed by atoms with Gasteiger partial charge >= 0.3 is 5.97 Å². The second-order valence-electron chi connectivity index (χ2n) is 4.73. The molecular formula is C13H16BrNO2S. The zero-order valence-electron chi connectivity index (χ0n) is 9.93. The molecule has 0 aliphatic heterocycles. The van der Waals surface area contributed by atoms with Crippen molar-refractivity contribution in [3.8, 4) is 0 Å². The highest BCUT2D eigenvalue weighted by atomic mass is 79.9. The van der Waals surface area contributed by atoms with Gasteiger partial charge in [0.25, 0.3) is 0 Å². The summed E-state index contributed by atoms with van der Waals surface area (Å²) in [7, 11) is 0. The lowest BCUT2D eigenvalue weighted by molar-refractivity contribution is -0.144. The van der Waals surface area contributed by atoms with E-state index in [-0.39, 0.29) is 5.25 Å². The van der Waals surface area contributed by atoms with E-state index in [9.17, 15) is 9.90 Å². The maximum atomic E-state index is 11.2. The summed E-state index contributed by atoms with van der Waals surface area (Å²) in [5.74, 6) is -0.875. The van der Waals surface area contributed by atoms with Crippen LogP contribution in [0, 0.1) is 0 Å². The van der Waals surface area contributed by atoms with E-state index in [1.807, 2.05) is 24.3 Å². The fourth-order valence-corrected chi connectivity index (χ4v) is 4.20. The van der Waals surface area contributed by atoms with Crippen molar-refractivity contribution in [2.24, 2.45) is 5.73 Å². The molecule has 18 heavy (non-hydrogen) atoms. The summed E-state index contributed by atoms with van der Waals surface area (Å²) in [4.78, 5) is 12.3. The Balaban J connectivity index is 2.07. The van der Waals surface area contributed by atoms with Crippen LogP contribution in [0.15, 0.2) is 33.6 Å². The molecule has 1 aromatic rings. The number of hydrogen-bond donors (Lipinski definition) is 2. The second kappa shape index (κ2) is 5.63. The summed E-state index contributed by atoms with van der Waals surface area (Å²) >= 11 is 5.23. The molecular weight excluding hydrogens is 314 g/mol. The third-order valence-corrected chi connectivity index (χ3v) is 5.60. The number of benzene rings is 1. The van der Waals surface area contributed by atoms with Gasteiger partial charge in [-0.2, -0.15) is 0 Å². The molecule has 1 aliphatic rings. The Morgan fingerprint density at radius 3 is 2.89 bits per heavy atom. The Bertz CT molecular complexity index is 454. The first-order valence-corrected chi connectivity index (χ1v) is 7.62. The molecule has 98 valence electrons. The van der Waals surface area contributed by atoms with Crippen molar-refractivity contribution >= 4 is 33.7 Å². The van der Waals surface area contributed by atoms with Gasteiger partial charge in [-0.1, -0.05) is 12.1 Å². The maximum absolute atomic E-state index is 11.2. The van der Waals surface area contributed by atoms with Crippen LogP contribution in [0.25, 0.3) is 0 Å². The number of halogens is 1. The van der Waals surface area contributed by atoms with Gasteiger partial charge in [0.05, 0.1) is 0 Å². The van der Waals surface area contributed by atoms with E-state index < -0.39 is 11.5 Å². The molecule has 0 aromatic heterocycles. The quantitative estimate of drug-likeness (QED) is 0.893. The summed E-state index contributed by atoms with van der Waals surface area (Å²) in [6, 6.07) is 8.00. The molecule has 1 fully saturated rings. The fraction of sp³-hybridized carbons (Fsp3) is 0.462. The van der Waals surface area contributed by atoms with E-state index in [0.717, 1.165) is 22.2 Å². The highest BCUT2D eigenvalue weighted by molar-refractivity contribution is 9.10. The first kappa shape index (κ1) is 13.9. The van der Waals surface area contributed by atoms with Crippen molar-refractivity contribution < 1.29 is 9.90 Å². The van der Waals surface area contributed by atoms with Crippen LogP contribution in [0.4, 0.5) is 0 Å². The molecule has 0 radical (unpaired) electrons. The summed E-state index contributed by atoms with van der Waals surface area (Å²) in [6.07, 6.45) is 3.02. The number of nitrogens with two attached hydrogens (primary N) is 1. The van der Waals surface area contributed by atoms with E-state index in [2.05, 4.69) is 15.9 Å². The van der Waals surface area contributed by atoms with E-state index in [0.29, 0.717) is 12.8 Å². The van der Waals surface area contributed by atoms with Gasteiger partial charge < -0.3 is 10.8 Å². The molecule has 2 atom stereocenters. The number of hydrogen-bond acceptors (Lipinski definition) is 3. The number of aliphatic carboxylic acids is 1. The second-order valence-corrected chi connectivity index (χ2v) is 6.92. The Hall–Kier alpha value is -0.520. The van der Waals surface area contributed by atoms with Crippen molar-refractivity contribution in [3.63, 3.8) is 0 Å². The van der Waals surface area contributed by atoms with Crippen molar-refractivity contribution in [1.29, 1.82) is 0 Å². The largest absolute Gasteiger partial charge is 0.480 e. The Labute approximate surface area is 119 Å². The molecule has 0 saturated heterocycles. The van der Waals surface area contributed by atoms with Gasteiger partial charge in [-0.3, -0.25) is 4.79 Å². The molecule has 1 aromatic carbocycles. The summed E-state index contributed by atoms with van der Waals surface area (Å²) in [5.41, 5.74) is 4.91. The minimum absolute atomic E-state index is 0.276. The highest BCUT2D eigenvalue weighted by Crippen LogP contribution is 2.39. The fourth-order valence-electron chi connectivity index (χ4n) is 2.27. The number of carbonyl (C=O) groups is 1. The van der Waals surface area contributed by atoms with Gasteiger partial charge in [0.2, 0.25) is 0 Å². The molecule has 0 heterocycles. The van der Waals surface area contributed by atoms with Crippen LogP contribution in [0.2, 0.25) is 0 Å². The topological polar surface area (TPSA) is 63.3 Å². The lowest BCUT2D eigenvalue weighted by Gasteiger charge is -2.34. The maximum Gasteiger partial charge on any atom is 0.323 e. The van der Waals surface area contributed by atoms with Crippen molar-refractivity contribution in [3.05, 3.63) is 28.7 Å². The predicted molar refractivity (Wildman–Crippen MR) is 76.8 cm³/mol. The minimum Gasteiger partial charge on any atom is -0.480 e. The third kappa shape index (κ3) is 3.08. The number of carboxylic acids is 1. The SMILES string of the molecule is NC1(C(=O)O)CCCC(Sc2ccccc2Br)C1. The van der Waals surface area contributed by atoms with E-state index in [1.165, 1.54) is 0 Å². The van der Waals surface area contributed by atoms with Gasteiger partial charge in [-0.15, -0.1) is 11.8 Å². The van der Waals surface area contributed by atoms with Crippen molar-refractivity contribution in [2.45, 2.75) is 41.4 Å². The molecule has 2 rings (SSSR count). The first-order chi connectivity index (χ1) is 8.51. The van der Waals surface area contributed by atoms with Crippen LogP contribution in [0.3, 0.4) is 0 Å². The minimum atomic E-state index is -1.04. The van der Waals surface area contributed by atoms with Crippen LogP contribution >= 0.6 is 27.7 Å². The molecule has 5 heteroatoms. The van der Waals surface area contributed by atoms with Crippen LogP contribution in [0.5, 0.6) is 0 Å². The number of rotatable bonds is 3. The Morgan fingerprint density at radius 2 is 2.22 bits per heavy atom. The van der Waals surface area contributed by atoms with Crippen LogP contribution in [-0.4, -0.2) is 21.9 Å². The average molecular weight is 330 g/mol.